The summed E-state index contributed by atoms with van der Waals surface area (Å²) >= 11 is 0. The molecule has 2 heterocycles. The molecule has 0 radical (unpaired) electrons. The van der Waals surface area contributed by atoms with Gasteiger partial charge in [0.2, 0.25) is 6.23 Å². The first-order valence-electron chi connectivity index (χ1n) is 9.28. The summed E-state index contributed by atoms with van der Waals surface area (Å²) in [6.07, 6.45) is 5.13. The van der Waals surface area contributed by atoms with Gasteiger partial charge < -0.3 is 19.9 Å². The van der Waals surface area contributed by atoms with Gasteiger partial charge in [-0.25, -0.2) is 4.98 Å². The van der Waals surface area contributed by atoms with Crippen molar-refractivity contribution >= 4 is 17.9 Å². The van der Waals surface area contributed by atoms with Crippen molar-refractivity contribution < 1.29 is 23.8 Å². The summed E-state index contributed by atoms with van der Waals surface area (Å²) in [6, 6.07) is 8.76. The molecule has 1 saturated carbocycles. The minimum absolute atomic E-state index is 0.0504. The van der Waals surface area contributed by atoms with Crippen molar-refractivity contribution in [2.24, 2.45) is 11.7 Å². The minimum Gasteiger partial charge on any atom is -0.493 e. The normalized spacial score (nSPS) is 18.0. The molecule has 1 fully saturated rings. The van der Waals surface area contributed by atoms with E-state index in [1.807, 2.05) is 12.1 Å². The van der Waals surface area contributed by atoms with E-state index in [-0.39, 0.29) is 11.4 Å². The number of methoxy groups -OCH3 is 1. The number of allylic oxidation sites excluding steroid dienone is 1. The fourth-order valence-corrected chi connectivity index (χ4v) is 3.20. The predicted molar refractivity (Wildman–Crippen MR) is 104 cm³/mol. The van der Waals surface area contributed by atoms with Gasteiger partial charge in [-0.15, -0.1) is 0 Å². The fraction of sp³-hybridized carbons (Fsp3) is 0.286. The van der Waals surface area contributed by atoms with Crippen LogP contribution in [0.4, 0.5) is 5.69 Å². The van der Waals surface area contributed by atoms with Crippen LogP contribution >= 0.6 is 0 Å². The molecule has 1 aliphatic heterocycles. The Morgan fingerprint density at radius 1 is 1.34 bits per heavy atom. The zero-order valence-electron chi connectivity index (χ0n) is 15.9. The van der Waals surface area contributed by atoms with E-state index in [1.54, 1.807) is 30.2 Å². The van der Waals surface area contributed by atoms with Crippen LogP contribution in [0.5, 0.6) is 11.5 Å². The van der Waals surface area contributed by atoms with Gasteiger partial charge in [0.25, 0.3) is 5.91 Å². The molecular formula is C21H21N3O5. The average molecular weight is 395 g/mol. The zero-order valence-corrected chi connectivity index (χ0v) is 15.9. The lowest BCUT2D eigenvalue weighted by Gasteiger charge is -2.27. The number of hydrogen-bond acceptors (Lipinski definition) is 7. The molecule has 1 unspecified atom stereocenters. The third kappa shape index (κ3) is 3.73. The number of pyridine rings is 1. The van der Waals surface area contributed by atoms with Crippen LogP contribution in [0.1, 0.15) is 35.1 Å². The number of nitrogens with zero attached hydrogens (tertiary/aromatic N) is 2. The van der Waals surface area contributed by atoms with Gasteiger partial charge in [0.05, 0.1) is 19.4 Å². The van der Waals surface area contributed by atoms with Crippen molar-refractivity contribution in [3.05, 3.63) is 59.7 Å². The summed E-state index contributed by atoms with van der Waals surface area (Å²) in [4.78, 5) is 29.1. The number of anilines is 1. The summed E-state index contributed by atoms with van der Waals surface area (Å²) in [7, 11) is 1.58. The van der Waals surface area contributed by atoms with Gasteiger partial charge in [-0.2, -0.15) is 0 Å². The number of rotatable bonds is 8. The second-order valence-corrected chi connectivity index (χ2v) is 6.92. The zero-order chi connectivity index (χ0) is 20.4. The summed E-state index contributed by atoms with van der Waals surface area (Å²) in [5.74, 6) is 1.10. The Bertz CT molecular complexity index is 971. The molecule has 4 rings (SSSR count). The molecule has 2 N–H and O–H groups in total. The van der Waals surface area contributed by atoms with Gasteiger partial charge in [0.15, 0.2) is 23.5 Å². The Hall–Kier alpha value is -3.55. The highest BCUT2D eigenvalue weighted by atomic mass is 16.5. The van der Waals surface area contributed by atoms with E-state index in [0.29, 0.717) is 36.0 Å². The Morgan fingerprint density at radius 2 is 2.17 bits per heavy atom. The third-order valence-corrected chi connectivity index (χ3v) is 4.87. The second kappa shape index (κ2) is 7.83. The molecule has 0 saturated heterocycles. The average Bonchev–Trinajstić information content (AvgIpc) is 3.48. The van der Waals surface area contributed by atoms with Crippen molar-refractivity contribution in [1.82, 2.24) is 4.98 Å². The van der Waals surface area contributed by atoms with Crippen LogP contribution in [-0.2, 0) is 9.53 Å². The van der Waals surface area contributed by atoms with Crippen molar-refractivity contribution in [3.8, 4) is 11.5 Å². The molecule has 2 aromatic rings. The fourth-order valence-electron chi connectivity index (χ4n) is 3.20. The molecule has 1 aliphatic carbocycles. The first kappa shape index (κ1) is 18.8. The molecule has 1 aromatic carbocycles. The largest absolute Gasteiger partial charge is 0.493 e. The van der Waals surface area contributed by atoms with Crippen molar-refractivity contribution in [2.45, 2.75) is 19.1 Å². The third-order valence-electron chi connectivity index (χ3n) is 4.87. The summed E-state index contributed by atoms with van der Waals surface area (Å²) < 4.78 is 17.1. The van der Waals surface area contributed by atoms with Gasteiger partial charge in [0.1, 0.15) is 12.0 Å². The topological polar surface area (TPSA) is 104 Å². The first-order chi connectivity index (χ1) is 14.1. The molecule has 29 heavy (non-hydrogen) atoms. The maximum absolute atomic E-state index is 11.9. The molecule has 150 valence electrons. The van der Waals surface area contributed by atoms with Crippen molar-refractivity contribution in [3.63, 3.8) is 0 Å². The van der Waals surface area contributed by atoms with E-state index in [9.17, 15) is 9.59 Å². The minimum atomic E-state index is -0.695. The first-order valence-corrected chi connectivity index (χ1v) is 9.28. The van der Waals surface area contributed by atoms with E-state index in [0.717, 1.165) is 5.56 Å². The number of ether oxygens (including phenoxy) is 3. The second-order valence-electron chi connectivity index (χ2n) is 6.92. The number of aldehydes is 1. The number of hydrogen-bond donors (Lipinski definition) is 1. The Morgan fingerprint density at radius 3 is 2.86 bits per heavy atom. The van der Waals surface area contributed by atoms with Gasteiger partial charge in [-0.1, -0.05) is 0 Å². The van der Waals surface area contributed by atoms with E-state index in [1.165, 1.54) is 25.3 Å². The van der Waals surface area contributed by atoms with E-state index >= 15 is 0 Å². The summed E-state index contributed by atoms with van der Waals surface area (Å²) in [6.45, 7) is 0.626. The van der Waals surface area contributed by atoms with Crippen LogP contribution in [0.2, 0.25) is 0 Å². The number of carbonyl (C=O) groups is 2. The number of benzene rings is 1. The van der Waals surface area contributed by atoms with Crippen LogP contribution in [0.15, 0.2) is 48.5 Å². The molecule has 2 aliphatic rings. The predicted octanol–water partition coefficient (Wildman–Crippen LogP) is 2.55. The smallest absolute Gasteiger partial charge is 0.269 e. The quantitative estimate of drug-likeness (QED) is 0.685. The lowest BCUT2D eigenvalue weighted by atomic mass is 10.1. The van der Waals surface area contributed by atoms with Crippen LogP contribution in [0, 0.1) is 5.92 Å². The molecule has 1 amide bonds. The number of amides is 1. The highest BCUT2D eigenvalue weighted by Crippen LogP contribution is 2.40. The van der Waals surface area contributed by atoms with Gasteiger partial charge >= 0.3 is 0 Å². The molecule has 1 atom stereocenters. The SMILES string of the molecule is COc1ccc(C2OC=C(C=O)N2c2cccnc2C(N)=O)cc1OCC1CC1. The van der Waals surface area contributed by atoms with Gasteiger partial charge in [-0.05, 0) is 49.1 Å². The summed E-state index contributed by atoms with van der Waals surface area (Å²) in [5, 5.41) is 0. The number of nitrogens with two attached hydrogens (primary N) is 1. The van der Waals surface area contributed by atoms with Crippen LogP contribution in [0.25, 0.3) is 0 Å². The van der Waals surface area contributed by atoms with Crippen LogP contribution in [-0.4, -0.2) is 30.9 Å². The van der Waals surface area contributed by atoms with Gasteiger partial charge in [-0.3, -0.25) is 14.5 Å². The number of primary amides is 1. The number of carbonyl (C=O) groups excluding carboxylic acids is 2. The lowest BCUT2D eigenvalue weighted by Crippen LogP contribution is -2.28. The Kier molecular flexibility index (Phi) is 5.07. The standard InChI is InChI=1S/C21H21N3O5/c1-27-17-7-6-14(9-18(17)28-11-13-4-5-13)21-24(15(10-25)12-29-21)16-3-2-8-23-19(16)20(22)26/h2-3,6-10,12-13,21H,4-5,11H2,1H3,(H2,22,26). The van der Waals surface area contributed by atoms with Crippen LogP contribution < -0.4 is 20.1 Å². The Balaban J connectivity index is 1.71. The van der Waals surface area contributed by atoms with E-state index in [2.05, 4.69) is 4.98 Å². The van der Waals surface area contributed by atoms with Crippen molar-refractivity contribution in [1.29, 1.82) is 0 Å². The maximum atomic E-state index is 11.9. The number of aromatic nitrogens is 1. The highest BCUT2D eigenvalue weighted by Gasteiger charge is 2.34. The molecule has 8 nitrogen and oxygen atoms in total. The van der Waals surface area contributed by atoms with E-state index in [4.69, 9.17) is 19.9 Å². The maximum Gasteiger partial charge on any atom is 0.269 e. The molecule has 1 aromatic heterocycles. The van der Waals surface area contributed by atoms with E-state index < -0.39 is 12.1 Å². The van der Waals surface area contributed by atoms with Gasteiger partial charge in [0, 0.05) is 11.8 Å². The highest BCUT2D eigenvalue weighted by molar-refractivity contribution is 5.98. The molecule has 0 spiro atoms. The Labute approximate surface area is 167 Å². The van der Waals surface area contributed by atoms with Crippen LogP contribution in [0.3, 0.4) is 0 Å². The molecular weight excluding hydrogens is 374 g/mol. The molecule has 0 bridgehead atoms. The molecule has 8 heteroatoms. The lowest BCUT2D eigenvalue weighted by molar-refractivity contribution is -0.105. The van der Waals surface area contributed by atoms with Crippen molar-refractivity contribution in [2.75, 3.05) is 18.6 Å². The summed E-state index contributed by atoms with van der Waals surface area (Å²) in [5.41, 5.74) is 6.89. The monoisotopic (exact) mass is 395 g/mol.